The third-order valence-corrected chi connectivity index (χ3v) is 1.70. The molecule has 0 saturated heterocycles. The van der Waals surface area contributed by atoms with E-state index in [1.54, 1.807) is 18.2 Å². The van der Waals surface area contributed by atoms with Crippen LogP contribution in [0.5, 0.6) is 0 Å². The lowest BCUT2D eigenvalue weighted by molar-refractivity contribution is -0.128. The second kappa shape index (κ2) is 4.12. The standard InChI is InChI=1S/C10H10F2O/c1-7-3-2-4-8(5-7)6-9(13)10(11)12/h2-5,10H,6H2,1H3. The van der Waals surface area contributed by atoms with Crippen LogP contribution < -0.4 is 0 Å². The minimum absolute atomic E-state index is 0.181. The molecule has 1 nitrogen and oxygen atoms in total. The van der Waals surface area contributed by atoms with E-state index in [1.807, 2.05) is 13.0 Å². The SMILES string of the molecule is Cc1cccc(CC(=O)C(F)F)c1. The van der Waals surface area contributed by atoms with Crippen LogP contribution in [-0.4, -0.2) is 12.2 Å². The van der Waals surface area contributed by atoms with Gasteiger partial charge >= 0.3 is 0 Å². The van der Waals surface area contributed by atoms with Gasteiger partial charge in [-0.05, 0) is 12.5 Å². The Morgan fingerprint density at radius 2 is 2.15 bits per heavy atom. The normalized spacial score (nSPS) is 10.5. The van der Waals surface area contributed by atoms with E-state index in [-0.39, 0.29) is 6.42 Å². The predicted molar refractivity (Wildman–Crippen MR) is 45.9 cm³/mol. The molecule has 0 heterocycles. The van der Waals surface area contributed by atoms with E-state index in [9.17, 15) is 13.6 Å². The molecule has 0 fully saturated rings. The van der Waals surface area contributed by atoms with Gasteiger partial charge in [0, 0.05) is 6.42 Å². The Balaban J connectivity index is 2.69. The lowest BCUT2D eigenvalue weighted by Gasteiger charge is -2.00. The van der Waals surface area contributed by atoms with Gasteiger partial charge in [-0.1, -0.05) is 29.8 Å². The number of Topliss-reactive ketones (excluding diaryl/α,β-unsaturated/α-hetero) is 1. The van der Waals surface area contributed by atoms with Crippen molar-refractivity contribution in [1.82, 2.24) is 0 Å². The van der Waals surface area contributed by atoms with Gasteiger partial charge in [-0.2, -0.15) is 0 Å². The first-order valence-corrected chi connectivity index (χ1v) is 3.96. The predicted octanol–water partition coefficient (Wildman–Crippen LogP) is 2.37. The van der Waals surface area contributed by atoms with Gasteiger partial charge < -0.3 is 0 Å². The molecule has 0 atom stereocenters. The zero-order chi connectivity index (χ0) is 9.84. The summed E-state index contributed by atoms with van der Waals surface area (Å²) in [5, 5.41) is 0. The van der Waals surface area contributed by atoms with E-state index in [2.05, 4.69) is 0 Å². The van der Waals surface area contributed by atoms with E-state index in [4.69, 9.17) is 0 Å². The van der Waals surface area contributed by atoms with Crippen LogP contribution in [0, 0.1) is 6.92 Å². The van der Waals surface area contributed by atoms with E-state index >= 15 is 0 Å². The number of hydrogen-bond donors (Lipinski definition) is 0. The van der Waals surface area contributed by atoms with Crippen molar-refractivity contribution in [2.45, 2.75) is 19.8 Å². The van der Waals surface area contributed by atoms with Crippen molar-refractivity contribution in [2.24, 2.45) is 0 Å². The quantitative estimate of drug-likeness (QED) is 0.704. The molecule has 70 valence electrons. The molecule has 1 aromatic carbocycles. The minimum atomic E-state index is -2.86. The highest BCUT2D eigenvalue weighted by Crippen LogP contribution is 2.07. The van der Waals surface area contributed by atoms with Crippen LogP contribution in [0.25, 0.3) is 0 Å². The van der Waals surface area contributed by atoms with Crippen molar-refractivity contribution < 1.29 is 13.6 Å². The molecule has 0 spiro atoms. The maximum absolute atomic E-state index is 11.9. The maximum atomic E-state index is 11.9. The lowest BCUT2D eigenvalue weighted by Crippen LogP contribution is -2.12. The van der Waals surface area contributed by atoms with E-state index in [1.165, 1.54) is 0 Å². The van der Waals surface area contributed by atoms with Gasteiger partial charge in [0.2, 0.25) is 5.78 Å². The summed E-state index contributed by atoms with van der Waals surface area (Å²) >= 11 is 0. The molecule has 0 N–H and O–H groups in total. The molecular weight excluding hydrogens is 174 g/mol. The van der Waals surface area contributed by atoms with Crippen molar-refractivity contribution in [2.75, 3.05) is 0 Å². The molecule has 0 bridgehead atoms. The van der Waals surface area contributed by atoms with Gasteiger partial charge in [0.25, 0.3) is 6.43 Å². The first kappa shape index (κ1) is 9.84. The highest BCUT2D eigenvalue weighted by molar-refractivity contribution is 5.83. The molecule has 0 amide bonds. The minimum Gasteiger partial charge on any atom is -0.293 e. The Labute approximate surface area is 75.4 Å². The lowest BCUT2D eigenvalue weighted by atomic mass is 10.1. The number of ketones is 1. The molecule has 0 radical (unpaired) electrons. The number of hydrogen-bond acceptors (Lipinski definition) is 1. The summed E-state index contributed by atoms with van der Waals surface area (Å²) in [6.45, 7) is 1.86. The van der Waals surface area contributed by atoms with Crippen molar-refractivity contribution in [3.05, 3.63) is 35.4 Å². The summed E-state index contributed by atoms with van der Waals surface area (Å²) in [6, 6.07) is 7.02. The average Bonchev–Trinajstić information content (AvgIpc) is 2.04. The van der Waals surface area contributed by atoms with E-state index in [0.717, 1.165) is 5.56 Å². The fourth-order valence-electron chi connectivity index (χ4n) is 1.10. The summed E-state index contributed by atoms with van der Waals surface area (Å²) in [5.74, 6) is -1.02. The molecule has 3 heteroatoms. The maximum Gasteiger partial charge on any atom is 0.296 e. The Hall–Kier alpha value is -1.25. The number of alkyl halides is 2. The Morgan fingerprint density at radius 1 is 1.46 bits per heavy atom. The van der Waals surface area contributed by atoms with Gasteiger partial charge in [-0.3, -0.25) is 4.79 Å². The van der Waals surface area contributed by atoms with Gasteiger partial charge in [-0.25, -0.2) is 8.78 Å². The average molecular weight is 184 g/mol. The Morgan fingerprint density at radius 3 is 2.69 bits per heavy atom. The fraction of sp³-hybridized carbons (Fsp3) is 0.300. The smallest absolute Gasteiger partial charge is 0.293 e. The van der Waals surface area contributed by atoms with Crippen LogP contribution in [0.15, 0.2) is 24.3 Å². The molecule has 0 aliphatic carbocycles. The van der Waals surface area contributed by atoms with Gasteiger partial charge in [0.1, 0.15) is 0 Å². The number of carbonyl (C=O) groups is 1. The third-order valence-electron chi connectivity index (χ3n) is 1.70. The number of halogens is 2. The van der Waals surface area contributed by atoms with Crippen LogP contribution in [0.2, 0.25) is 0 Å². The van der Waals surface area contributed by atoms with Crippen molar-refractivity contribution in [1.29, 1.82) is 0 Å². The van der Waals surface area contributed by atoms with Crippen LogP contribution >= 0.6 is 0 Å². The molecular formula is C10H10F2O. The first-order chi connectivity index (χ1) is 6.09. The third kappa shape index (κ3) is 2.93. The molecule has 13 heavy (non-hydrogen) atoms. The monoisotopic (exact) mass is 184 g/mol. The number of rotatable bonds is 3. The zero-order valence-electron chi connectivity index (χ0n) is 7.26. The largest absolute Gasteiger partial charge is 0.296 e. The summed E-state index contributed by atoms with van der Waals surface area (Å²) in [6.07, 6.45) is -3.04. The fourth-order valence-corrected chi connectivity index (χ4v) is 1.10. The number of aryl methyl sites for hydroxylation is 1. The van der Waals surface area contributed by atoms with Crippen LogP contribution in [0.1, 0.15) is 11.1 Å². The summed E-state index contributed by atoms with van der Waals surface area (Å²) in [4.78, 5) is 10.7. The van der Waals surface area contributed by atoms with Crippen molar-refractivity contribution in [3.8, 4) is 0 Å². The Kier molecular flexibility index (Phi) is 3.12. The van der Waals surface area contributed by atoms with E-state index in [0.29, 0.717) is 5.56 Å². The molecule has 0 aromatic heterocycles. The summed E-state index contributed by atoms with van der Waals surface area (Å²) in [5.41, 5.74) is 1.62. The molecule has 0 aliphatic heterocycles. The molecule has 0 unspecified atom stereocenters. The number of carbonyl (C=O) groups excluding carboxylic acids is 1. The highest BCUT2D eigenvalue weighted by atomic mass is 19.3. The van der Waals surface area contributed by atoms with Crippen molar-refractivity contribution >= 4 is 5.78 Å². The zero-order valence-corrected chi connectivity index (χ0v) is 7.26. The van der Waals surface area contributed by atoms with E-state index < -0.39 is 12.2 Å². The second-order valence-corrected chi connectivity index (χ2v) is 2.93. The van der Waals surface area contributed by atoms with Crippen LogP contribution in [0.4, 0.5) is 8.78 Å². The number of benzene rings is 1. The second-order valence-electron chi connectivity index (χ2n) is 2.93. The van der Waals surface area contributed by atoms with Crippen LogP contribution in [0.3, 0.4) is 0 Å². The van der Waals surface area contributed by atoms with Gasteiger partial charge in [-0.15, -0.1) is 0 Å². The van der Waals surface area contributed by atoms with Crippen LogP contribution in [-0.2, 0) is 11.2 Å². The van der Waals surface area contributed by atoms with Crippen molar-refractivity contribution in [3.63, 3.8) is 0 Å². The molecule has 1 rings (SSSR count). The summed E-state index contributed by atoms with van der Waals surface area (Å²) < 4.78 is 23.7. The molecule has 0 saturated carbocycles. The summed E-state index contributed by atoms with van der Waals surface area (Å²) in [7, 11) is 0. The molecule has 0 aliphatic rings. The highest BCUT2D eigenvalue weighted by Gasteiger charge is 2.15. The molecule has 1 aromatic rings. The Bertz CT molecular complexity index is 308. The topological polar surface area (TPSA) is 17.1 Å². The first-order valence-electron chi connectivity index (χ1n) is 3.96. The van der Waals surface area contributed by atoms with Gasteiger partial charge in [0.05, 0.1) is 0 Å². The van der Waals surface area contributed by atoms with Gasteiger partial charge in [0.15, 0.2) is 0 Å².